The Bertz CT molecular complexity index is 417. The van der Waals surface area contributed by atoms with Gasteiger partial charge in [0, 0.05) is 19.6 Å². The van der Waals surface area contributed by atoms with Crippen molar-refractivity contribution in [2.24, 2.45) is 0 Å². The molecule has 0 fully saturated rings. The van der Waals surface area contributed by atoms with Crippen molar-refractivity contribution in [3.63, 3.8) is 0 Å². The number of fused-ring (bicyclic) bond motifs is 1. The molecule has 1 aliphatic rings. The van der Waals surface area contributed by atoms with Crippen LogP contribution in [0, 0.1) is 0 Å². The first kappa shape index (κ1) is 10.8. The number of nitrogens with one attached hydrogen (secondary N) is 1. The number of hydrogen-bond donors (Lipinski definition) is 1. The number of ether oxygens (including phenoxy) is 1. The molecule has 1 unspecified atom stereocenters. The molecular weight excluding hydrogens is 204 g/mol. The summed E-state index contributed by atoms with van der Waals surface area (Å²) in [5.41, 5.74) is 2.53. The van der Waals surface area contributed by atoms with Crippen LogP contribution in [-0.4, -0.2) is 32.7 Å². The SMILES string of the molecule is COC(=O)c1cccc2c1N(C)C(C)CN2. The lowest BCUT2D eigenvalue weighted by molar-refractivity contribution is 0.0601. The van der Waals surface area contributed by atoms with E-state index in [0.29, 0.717) is 11.6 Å². The van der Waals surface area contributed by atoms with Crippen LogP contribution in [0.3, 0.4) is 0 Å². The maximum Gasteiger partial charge on any atom is 0.340 e. The Balaban J connectivity index is 2.52. The zero-order valence-corrected chi connectivity index (χ0v) is 9.78. The molecule has 1 aliphatic heterocycles. The molecule has 2 rings (SSSR count). The van der Waals surface area contributed by atoms with Gasteiger partial charge in [-0.25, -0.2) is 4.79 Å². The van der Waals surface area contributed by atoms with Crippen molar-refractivity contribution in [1.29, 1.82) is 0 Å². The van der Waals surface area contributed by atoms with Gasteiger partial charge in [0.25, 0.3) is 0 Å². The number of para-hydroxylation sites is 1. The Morgan fingerprint density at radius 3 is 3.00 bits per heavy atom. The van der Waals surface area contributed by atoms with E-state index in [1.165, 1.54) is 7.11 Å². The van der Waals surface area contributed by atoms with E-state index >= 15 is 0 Å². The fourth-order valence-electron chi connectivity index (χ4n) is 1.96. The molecule has 1 aromatic carbocycles. The van der Waals surface area contributed by atoms with Crippen molar-refractivity contribution >= 4 is 17.3 Å². The first-order valence-corrected chi connectivity index (χ1v) is 5.33. The van der Waals surface area contributed by atoms with E-state index in [1.54, 1.807) is 6.07 Å². The Hall–Kier alpha value is -1.71. The fraction of sp³-hybridized carbons (Fsp3) is 0.417. The van der Waals surface area contributed by atoms with Crippen molar-refractivity contribution < 1.29 is 9.53 Å². The molecule has 0 bridgehead atoms. The highest BCUT2D eigenvalue weighted by Crippen LogP contribution is 2.34. The molecule has 0 aromatic heterocycles. The van der Waals surface area contributed by atoms with Gasteiger partial charge in [0.2, 0.25) is 0 Å². The van der Waals surface area contributed by atoms with Crippen molar-refractivity contribution in [2.45, 2.75) is 13.0 Å². The quantitative estimate of drug-likeness (QED) is 0.732. The van der Waals surface area contributed by atoms with Crippen molar-refractivity contribution in [3.8, 4) is 0 Å². The highest BCUT2D eigenvalue weighted by molar-refractivity contribution is 5.99. The number of rotatable bonds is 1. The highest BCUT2D eigenvalue weighted by atomic mass is 16.5. The van der Waals surface area contributed by atoms with Crippen molar-refractivity contribution in [2.75, 3.05) is 30.9 Å². The van der Waals surface area contributed by atoms with Crippen LogP contribution < -0.4 is 10.2 Å². The summed E-state index contributed by atoms with van der Waals surface area (Å²) in [7, 11) is 3.40. The smallest absolute Gasteiger partial charge is 0.340 e. The molecule has 1 heterocycles. The van der Waals surface area contributed by atoms with Gasteiger partial charge in [0.15, 0.2) is 0 Å². The molecule has 4 heteroatoms. The summed E-state index contributed by atoms with van der Waals surface area (Å²) in [5, 5.41) is 3.31. The zero-order chi connectivity index (χ0) is 11.7. The van der Waals surface area contributed by atoms with Gasteiger partial charge in [-0.3, -0.25) is 0 Å². The molecule has 4 nitrogen and oxygen atoms in total. The van der Waals surface area contributed by atoms with Crippen LogP contribution in [0.15, 0.2) is 18.2 Å². The maximum absolute atomic E-state index is 11.7. The fourth-order valence-corrected chi connectivity index (χ4v) is 1.96. The van der Waals surface area contributed by atoms with Crippen LogP contribution in [0.2, 0.25) is 0 Å². The third-order valence-electron chi connectivity index (χ3n) is 3.04. The lowest BCUT2D eigenvalue weighted by Crippen LogP contribution is -2.40. The first-order valence-electron chi connectivity index (χ1n) is 5.33. The van der Waals surface area contributed by atoms with Gasteiger partial charge in [-0.05, 0) is 19.1 Å². The maximum atomic E-state index is 11.7. The molecule has 0 spiro atoms. The highest BCUT2D eigenvalue weighted by Gasteiger charge is 2.25. The second-order valence-electron chi connectivity index (χ2n) is 4.03. The number of anilines is 2. The minimum absolute atomic E-state index is 0.292. The van der Waals surface area contributed by atoms with Gasteiger partial charge in [-0.15, -0.1) is 0 Å². The van der Waals surface area contributed by atoms with Gasteiger partial charge < -0.3 is 15.0 Å². The van der Waals surface area contributed by atoms with E-state index in [9.17, 15) is 4.79 Å². The summed E-state index contributed by atoms with van der Waals surface area (Å²) in [6.07, 6.45) is 0. The van der Waals surface area contributed by atoms with E-state index in [2.05, 4.69) is 17.1 Å². The molecule has 0 saturated heterocycles. The second-order valence-corrected chi connectivity index (χ2v) is 4.03. The topological polar surface area (TPSA) is 41.6 Å². The van der Waals surface area contributed by atoms with Gasteiger partial charge in [-0.2, -0.15) is 0 Å². The van der Waals surface area contributed by atoms with E-state index in [1.807, 2.05) is 19.2 Å². The van der Waals surface area contributed by atoms with Crippen molar-refractivity contribution in [3.05, 3.63) is 23.8 Å². The average Bonchev–Trinajstić information content (AvgIpc) is 2.32. The van der Waals surface area contributed by atoms with Crippen LogP contribution in [-0.2, 0) is 4.74 Å². The predicted octanol–water partition coefficient (Wildman–Crippen LogP) is 1.72. The molecule has 86 valence electrons. The lowest BCUT2D eigenvalue weighted by Gasteiger charge is -2.35. The number of esters is 1. The summed E-state index contributed by atoms with van der Waals surface area (Å²) in [4.78, 5) is 13.8. The van der Waals surface area contributed by atoms with Crippen molar-refractivity contribution in [1.82, 2.24) is 0 Å². The Morgan fingerprint density at radius 2 is 2.31 bits per heavy atom. The van der Waals surface area contributed by atoms with Gasteiger partial charge in [-0.1, -0.05) is 6.07 Å². The minimum Gasteiger partial charge on any atom is -0.465 e. The summed E-state index contributed by atoms with van der Waals surface area (Å²) in [6.45, 7) is 3.00. The Morgan fingerprint density at radius 1 is 1.56 bits per heavy atom. The number of benzene rings is 1. The third-order valence-corrected chi connectivity index (χ3v) is 3.04. The molecule has 1 N–H and O–H groups in total. The molecule has 0 saturated carbocycles. The number of methoxy groups -OCH3 is 1. The van der Waals surface area contributed by atoms with Crippen LogP contribution in [0.4, 0.5) is 11.4 Å². The Labute approximate surface area is 95.2 Å². The molecular formula is C12H16N2O2. The molecule has 0 radical (unpaired) electrons. The average molecular weight is 220 g/mol. The zero-order valence-electron chi connectivity index (χ0n) is 9.78. The molecule has 1 aromatic rings. The molecule has 1 atom stereocenters. The summed E-state index contributed by atoms with van der Waals surface area (Å²) >= 11 is 0. The Kier molecular flexibility index (Phi) is 2.73. The van der Waals surface area contributed by atoms with Gasteiger partial charge in [0.1, 0.15) is 0 Å². The van der Waals surface area contributed by atoms with Crippen LogP contribution in [0.5, 0.6) is 0 Å². The van der Waals surface area contributed by atoms with Gasteiger partial charge in [0.05, 0.1) is 24.0 Å². The van der Waals surface area contributed by atoms with Crippen LogP contribution >= 0.6 is 0 Å². The largest absolute Gasteiger partial charge is 0.465 e. The molecule has 0 aliphatic carbocycles. The second kappa shape index (κ2) is 4.04. The van der Waals surface area contributed by atoms with Crippen LogP contribution in [0.1, 0.15) is 17.3 Å². The molecule has 16 heavy (non-hydrogen) atoms. The summed E-state index contributed by atoms with van der Waals surface area (Å²) in [5.74, 6) is -0.292. The number of carbonyl (C=O) groups is 1. The lowest BCUT2D eigenvalue weighted by atomic mass is 10.1. The number of hydrogen-bond acceptors (Lipinski definition) is 4. The van der Waals surface area contributed by atoms with E-state index in [-0.39, 0.29) is 5.97 Å². The number of carbonyl (C=O) groups excluding carboxylic acids is 1. The molecule has 0 amide bonds. The first-order chi connectivity index (χ1) is 7.65. The van der Waals surface area contributed by atoms with E-state index < -0.39 is 0 Å². The normalized spacial score (nSPS) is 18.7. The number of nitrogens with zero attached hydrogens (tertiary/aromatic N) is 1. The number of likely N-dealkylation sites (N-methyl/N-ethyl adjacent to an activating group) is 1. The van der Waals surface area contributed by atoms with E-state index in [0.717, 1.165) is 17.9 Å². The van der Waals surface area contributed by atoms with E-state index in [4.69, 9.17) is 4.74 Å². The summed E-state index contributed by atoms with van der Waals surface area (Å²) in [6, 6.07) is 5.99. The standard InChI is InChI=1S/C12H16N2O2/c1-8-7-13-10-6-4-5-9(12(15)16-3)11(10)14(8)2/h4-6,8,13H,7H2,1-3H3. The van der Waals surface area contributed by atoms with Crippen LogP contribution in [0.25, 0.3) is 0 Å². The minimum atomic E-state index is -0.292. The summed E-state index contributed by atoms with van der Waals surface area (Å²) < 4.78 is 4.79. The third kappa shape index (κ3) is 1.60. The van der Waals surface area contributed by atoms with Gasteiger partial charge >= 0.3 is 5.97 Å². The predicted molar refractivity (Wildman–Crippen MR) is 64.1 cm³/mol. The monoisotopic (exact) mass is 220 g/mol.